The molecule has 154 valence electrons. The zero-order valence-corrected chi connectivity index (χ0v) is 17.8. The number of thiazole rings is 1. The van der Waals surface area contributed by atoms with Gasteiger partial charge in [0, 0.05) is 29.9 Å². The Bertz CT molecular complexity index is 1080. The highest BCUT2D eigenvalue weighted by Gasteiger charge is 2.28. The van der Waals surface area contributed by atoms with Gasteiger partial charge in [0.25, 0.3) is 0 Å². The van der Waals surface area contributed by atoms with E-state index in [4.69, 9.17) is 0 Å². The number of hydrogen-bond donors (Lipinski definition) is 0. The first-order valence-corrected chi connectivity index (χ1v) is 12.3. The van der Waals surface area contributed by atoms with Crippen molar-refractivity contribution in [2.75, 3.05) is 12.8 Å². The molecule has 29 heavy (non-hydrogen) atoms. The Balaban J connectivity index is 1.68. The van der Waals surface area contributed by atoms with Gasteiger partial charge < -0.3 is 4.57 Å². The molecule has 1 fully saturated rings. The summed E-state index contributed by atoms with van der Waals surface area (Å²) >= 11 is 1.64. The number of nitrogens with zero attached hydrogens (tertiary/aromatic N) is 4. The Kier molecular flexibility index (Phi) is 5.80. The molecule has 0 saturated carbocycles. The van der Waals surface area contributed by atoms with Crippen LogP contribution in [0.4, 0.5) is 4.39 Å². The predicted molar refractivity (Wildman–Crippen MR) is 110 cm³/mol. The van der Waals surface area contributed by atoms with Crippen LogP contribution in [0.3, 0.4) is 0 Å². The van der Waals surface area contributed by atoms with Crippen LogP contribution in [-0.2, 0) is 22.9 Å². The molecule has 0 aliphatic carbocycles. The minimum absolute atomic E-state index is 0.0291. The minimum atomic E-state index is -3.54. The number of rotatable bonds is 6. The number of halogens is 1. The highest BCUT2D eigenvalue weighted by molar-refractivity contribution is 7.90. The summed E-state index contributed by atoms with van der Waals surface area (Å²) in [5.41, 5.74) is 1.20. The minimum Gasteiger partial charge on any atom is -0.313 e. The lowest BCUT2D eigenvalue weighted by molar-refractivity contribution is 0.136. The summed E-state index contributed by atoms with van der Waals surface area (Å²) in [7, 11) is -3.54. The number of piperidine rings is 1. The van der Waals surface area contributed by atoms with Crippen LogP contribution in [0, 0.1) is 5.82 Å². The number of benzene rings is 1. The van der Waals surface area contributed by atoms with Crippen molar-refractivity contribution in [3.05, 3.63) is 64.1 Å². The second-order valence-electron chi connectivity index (χ2n) is 7.33. The quantitative estimate of drug-likeness (QED) is 0.592. The van der Waals surface area contributed by atoms with Crippen molar-refractivity contribution in [1.82, 2.24) is 19.4 Å². The normalized spacial score (nSPS) is 18.2. The lowest BCUT2D eigenvalue weighted by Crippen LogP contribution is -2.33. The third-order valence-corrected chi connectivity index (χ3v) is 7.10. The molecule has 1 atom stereocenters. The average molecular weight is 435 g/mol. The maximum absolute atomic E-state index is 14.2. The van der Waals surface area contributed by atoms with E-state index in [9.17, 15) is 12.8 Å². The van der Waals surface area contributed by atoms with Crippen LogP contribution in [0.2, 0.25) is 0 Å². The number of hydrogen-bond acceptors (Lipinski definition) is 6. The van der Waals surface area contributed by atoms with Gasteiger partial charge in [-0.1, -0.05) is 24.6 Å². The van der Waals surface area contributed by atoms with Crippen molar-refractivity contribution >= 4 is 21.2 Å². The Hall–Kier alpha value is -2.10. The standard InChI is InChI=1S/C20H23FN4O2S2/c1-29(26,27)20-23-12-16(25(20)13-15-6-2-3-7-17(15)21)14-24-10-5-4-8-18(24)19-22-9-11-28-19/h2-3,6-7,9,11-12,18H,4-5,8,10,13-14H2,1H3/t18-/m0/s1. The first kappa shape index (κ1) is 20.2. The molecular weight excluding hydrogens is 411 g/mol. The van der Waals surface area contributed by atoms with Crippen LogP contribution in [0.15, 0.2) is 47.2 Å². The van der Waals surface area contributed by atoms with Crippen LogP contribution < -0.4 is 0 Å². The zero-order valence-electron chi connectivity index (χ0n) is 16.2. The van der Waals surface area contributed by atoms with Crippen LogP contribution in [0.5, 0.6) is 0 Å². The number of imidazole rings is 1. The van der Waals surface area contributed by atoms with E-state index in [1.807, 2.05) is 11.6 Å². The van der Waals surface area contributed by atoms with Crippen molar-refractivity contribution in [1.29, 1.82) is 0 Å². The topological polar surface area (TPSA) is 68.1 Å². The maximum Gasteiger partial charge on any atom is 0.227 e. The highest BCUT2D eigenvalue weighted by atomic mass is 32.2. The fourth-order valence-corrected chi connectivity index (χ4v) is 5.48. The predicted octanol–water partition coefficient (Wildman–Crippen LogP) is 3.66. The first-order valence-electron chi connectivity index (χ1n) is 9.55. The molecule has 4 rings (SSSR count). The van der Waals surface area contributed by atoms with E-state index in [1.54, 1.807) is 40.3 Å². The molecule has 1 saturated heterocycles. The smallest absolute Gasteiger partial charge is 0.227 e. The van der Waals surface area contributed by atoms with Gasteiger partial charge in [0.15, 0.2) is 0 Å². The van der Waals surface area contributed by atoms with E-state index in [0.29, 0.717) is 12.1 Å². The number of aromatic nitrogens is 3. The molecule has 3 aromatic rings. The summed E-state index contributed by atoms with van der Waals surface area (Å²) in [6, 6.07) is 6.64. The van der Waals surface area contributed by atoms with Crippen LogP contribution in [0.25, 0.3) is 0 Å². The van der Waals surface area contributed by atoms with E-state index in [-0.39, 0.29) is 23.6 Å². The highest BCUT2D eigenvalue weighted by Crippen LogP contribution is 2.33. The van der Waals surface area contributed by atoms with Crippen LogP contribution in [0.1, 0.15) is 41.6 Å². The second-order valence-corrected chi connectivity index (χ2v) is 10.2. The second kappa shape index (κ2) is 8.33. The Labute approximate surface area is 174 Å². The Morgan fingerprint density at radius 1 is 1.21 bits per heavy atom. The molecule has 3 heterocycles. The molecule has 0 amide bonds. The van der Waals surface area contributed by atoms with Gasteiger partial charge in [-0.3, -0.25) is 4.90 Å². The van der Waals surface area contributed by atoms with Crippen molar-refractivity contribution < 1.29 is 12.8 Å². The van der Waals surface area contributed by atoms with Crippen molar-refractivity contribution in [3.8, 4) is 0 Å². The van der Waals surface area contributed by atoms with Crippen LogP contribution >= 0.6 is 11.3 Å². The molecule has 6 nitrogen and oxygen atoms in total. The summed E-state index contributed by atoms with van der Waals surface area (Å²) in [5, 5.41) is 3.03. The van der Waals surface area contributed by atoms with E-state index in [1.165, 1.54) is 6.07 Å². The number of likely N-dealkylation sites (tertiary alicyclic amines) is 1. The number of sulfone groups is 1. The van der Waals surface area contributed by atoms with Crippen molar-refractivity contribution in [2.45, 2.75) is 43.6 Å². The van der Waals surface area contributed by atoms with Crippen molar-refractivity contribution in [2.24, 2.45) is 0 Å². The van der Waals surface area contributed by atoms with E-state index in [2.05, 4.69) is 14.9 Å². The van der Waals surface area contributed by atoms with Gasteiger partial charge in [-0.05, 0) is 25.5 Å². The maximum atomic E-state index is 14.2. The van der Waals surface area contributed by atoms with Gasteiger partial charge in [-0.25, -0.2) is 22.8 Å². The summed E-state index contributed by atoms with van der Waals surface area (Å²) in [4.78, 5) is 11.0. The third kappa shape index (κ3) is 4.41. The first-order chi connectivity index (χ1) is 13.9. The summed E-state index contributed by atoms with van der Waals surface area (Å²) in [5.74, 6) is -0.356. The summed E-state index contributed by atoms with van der Waals surface area (Å²) in [6.07, 6.45) is 7.80. The molecule has 1 aliphatic heterocycles. The van der Waals surface area contributed by atoms with Crippen molar-refractivity contribution in [3.63, 3.8) is 0 Å². The van der Waals surface area contributed by atoms with E-state index in [0.717, 1.165) is 42.8 Å². The van der Waals surface area contributed by atoms with Gasteiger partial charge in [-0.2, -0.15) is 0 Å². The Morgan fingerprint density at radius 2 is 2.03 bits per heavy atom. The lowest BCUT2D eigenvalue weighted by atomic mass is 10.0. The molecule has 0 unspecified atom stereocenters. The fraction of sp³-hybridized carbons (Fsp3) is 0.400. The molecule has 0 radical (unpaired) electrons. The lowest BCUT2D eigenvalue weighted by Gasteiger charge is -2.34. The molecular formula is C20H23FN4O2S2. The monoisotopic (exact) mass is 434 g/mol. The van der Waals surface area contributed by atoms with Gasteiger partial charge in [-0.15, -0.1) is 11.3 Å². The van der Waals surface area contributed by atoms with Gasteiger partial charge in [0.05, 0.1) is 24.5 Å². The molecule has 2 aromatic heterocycles. The summed E-state index contributed by atoms with van der Waals surface area (Å²) in [6.45, 7) is 1.57. The largest absolute Gasteiger partial charge is 0.313 e. The van der Waals surface area contributed by atoms with E-state index >= 15 is 0 Å². The molecule has 0 spiro atoms. The molecule has 1 aliphatic rings. The molecule has 1 aromatic carbocycles. The van der Waals surface area contributed by atoms with Gasteiger partial charge in [0.2, 0.25) is 15.0 Å². The van der Waals surface area contributed by atoms with Gasteiger partial charge >= 0.3 is 0 Å². The average Bonchev–Trinajstić information content (AvgIpc) is 3.34. The molecule has 0 N–H and O–H groups in total. The third-order valence-electron chi connectivity index (χ3n) is 5.23. The summed E-state index contributed by atoms with van der Waals surface area (Å²) < 4.78 is 40.4. The molecule has 0 bridgehead atoms. The SMILES string of the molecule is CS(=O)(=O)c1ncc(CN2CCCC[C@H]2c2nccs2)n1Cc1ccccc1F. The zero-order chi connectivity index (χ0) is 20.4. The molecule has 9 heteroatoms. The van der Waals surface area contributed by atoms with Gasteiger partial charge in [0.1, 0.15) is 10.8 Å². The van der Waals surface area contributed by atoms with E-state index < -0.39 is 9.84 Å². The Morgan fingerprint density at radius 3 is 2.76 bits per heavy atom. The fourth-order valence-electron chi connectivity index (χ4n) is 3.85. The van der Waals surface area contributed by atoms with Crippen LogP contribution in [-0.4, -0.2) is 40.7 Å².